The summed E-state index contributed by atoms with van der Waals surface area (Å²) in [6.07, 6.45) is 0. The molecule has 1 aliphatic carbocycles. The second-order valence-electron chi connectivity index (χ2n) is 7.30. The summed E-state index contributed by atoms with van der Waals surface area (Å²) in [5.41, 5.74) is -8.45. The number of ether oxygens (including phenoxy) is 8. The van der Waals surface area contributed by atoms with Crippen molar-refractivity contribution in [3.05, 3.63) is 22.3 Å². The molecule has 0 amide bonds. The Morgan fingerprint density at radius 2 is 0.897 bits per heavy atom. The van der Waals surface area contributed by atoms with Gasteiger partial charge in [-0.3, -0.25) is 19.2 Å². The molecule has 0 fully saturated rings. The maximum Gasteiger partial charge on any atom is 0.339 e. The zero-order valence-electron chi connectivity index (χ0n) is 22.2. The van der Waals surface area contributed by atoms with Crippen molar-refractivity contribution >= 4 is 47.8 Å². The Bertz CT molecular complexity index is 1140. The summed E-state index contributed by atoms with van der Waals surface area (Å²) in [4.78, 5) is 107. The summed E-state index contributed by atoms with van der Waals surface area (Å²) < 4.78 is 37.7. The number of esters is 8. The van der Waals surface area contributed by atoms with E-state index >= 15 is 0 Å². The van der Waals surface area contributed by atoms with Crippen molar-refractivity contribution in [3.8, 4) is 0 Å². The van der Waals surface area contributed by atoms with Gasteiger partial charge in [-0.1, -0.05) is 0 Å². The molecule has 0 aromatic carbocycles. The fraction of sp³-hybridized carbons (Fsp3) is 0.478. The zero-order valence-corrected chi connectivity index (χ0v) is 22.2. The first kappa shape index (κ1) is 32.3. The van der Waals surface area contributed by atoms with Crippen LogP contribution in [-0.4, -0.2) is 105 Å². The number of carbonyl (C=O) groups excluding carboxylic acids is 8. The molecule has 16 heteroatoms. The van der Waals surface area contributed by atoms with Crippen LogP contribution < -0.4 is 0 Å². The van der Waals surface area contributed by atoms with E-state index in [0.29, 0.717) is 0 Å². The van der Waals surface area contributed by atoms with Crippen LogP contribution in [0.3, 0.4) is 0 Å². The number of hydrogen-bond donors (Lipinski definition) is 0. The normalized spacial score (nSPS) is 18.1. The van der Waals surface area contributed by atoms with Crippen LogP contribution in [-0.2, 0) is 76.3 Å². The van der Waals surface area contributed by atoms with Gasteiger partial charge in [0.1, 0.15) is 11.8 Å². The van der Waals surface area contributed by atoms with Gasteiger partial charge in [-0.05, 0) is 0 Å². The second kappa shape index (κ2) is 13.2. The third-order valence-corrected chi connectivity index (χ3v) is 5.77. The van der Waals surface area contributed by atoms with Gasteiger partial charge in [0.2, 0.25) is 5.41 Å². The van der Waals surface area contributed by atoms with E-state index in [1.54, 1.807) is 0 Å². The summed E-state index contributed by atoms with van der Waals surface area (Å²) in [5, 5.41) is 0. The van der Waals surface area contributed by atoms with Crippen LogP contribution in [0, 0.1) is 17.3 Å². The minimum atomic E-state index is -3.46. The maximum absolute atomic E-state index is 13.6. The first-order valence-corrected chi connectivity index (χ1v) is 10.5. The van der Waals surface area contributed by atoms with E-state index in [-0.39, 0.29) is 0 Å². The Labute approximate surface area is 221 Å². The highest BCUT2D eigenvalue weighted by Gasteiger charge is 2.70. The molecule has 0 aliphatic heterocycles. The lowest BCUT2D eigenvalue weighted by molar-refractivity contribution is -0.183. The summed E-state index contributed by atoms with van der Waals surface area (Å²) >= 11 is 0. The Morgan fingerprint density at radius 3 is 1.26 bits per heavy atom. The van der Waals surface area contributed by atoms with Crippen LogP contribution in [0.15, 0.2) is 22.3 Å². The average Bonchev–Trinajstić information content (AvgIpc) is 3.09. The van der Waals surface area contributed by atoms with Gasteiger partial charge in [0.15, 0.2) is 0 Å². The quantitative estimate of drug-likeness (QED) is 0.183. The monoisotopic (exact) mass is 558 g/mol. The molecule has 214 valence electrons. The lowest BCUT2D eigenvalue weighted by Gasteiger charge is -2.37. The maximum atomic E-state index is 13.6. The SMILES string of the molecule is COC(=O)C1=C(C(=O)OC)[C@@H](C(=O)OC)[C@H](C(=O)OC)C(C(=O)OC)(C(=O)OC)C(C(=O)OC)=C1C(=O)OC. The number of hydrogen-bond acceptors (Lipinski definition) is 16. The molecule has 0 unspecified atom stereocenters. The highest BCUT2D eigenvalue weighted by molar-refractivity contribution is 6.23. The van der Waals surface area contributed by atoms with Crippen LogP contribution in [0.25, 0.3) is 0 Å². The second-order valence-corrected chi connectivity index (χ2v) is 7.30. The Kier molecular flexibility index (Phi) is 10.9. The van der Waals surface area contributed by atoms with E-state index in [4.69, 9.17) is 28.4 Å². The van der Waals surface area contributed by atoms with E-state index in [0.717, 1.165) is 56.9 Å². The molecule has 0 aromatic heterocycles. The lowest BCUT2D eigenvalue weighted by atomic mass is 9.63. The van der Waals surface area contributed by atoms with Crippen LogP contribution in [0.1, 0.15) is 0 Å². The van der Waals surface area contributed by atoms with Gasteiger partial charge < -0.3 is 37.9 Å². The smallest absolute Gasteiger partial charge is 0.339 e. The molecule has 0 saturated carbocycles. The van der Waals surface area contributed by atoms with E-state index in [2.05, 4.69) is 9.47 Å². The molecular formula is C23H26O16. The highest BCUT2D eigenvalue weighted by atomic mass is 16.6. The van der Waals surface area contributed by atoms with E-state index in [9.17, 15) is 38.4 Å². The molecule has 0 N–H and O–H groups in total. The van der Waals surface area contributed by atoms with Crippen molar-refractivity contribution in [1.82, 2.24) is 0 Å². The molecule has 16 nitrogen and oxygen atoms in total. The molecule has 1 rings (SSSR count). The summed E-state index contributed by atoms with van der Waals surface area (Å²) in [7, 11) is 6.13. The van der Waals surface area contributed by atoms with E-state index < -0.39 is 87.3 Å². The minimum absolute atomic E-state index is 0.724. The van der Waals surface area contributed by atoms with Crippen LogP contribution in [0.5, 0.6) is 0 Å². The molecule has 0 spiro atoms. The largest absolute Gasteiger partial charge is 0.469 e. The average molecular weight is 558 g/mol. The van der Waals surface area contributed by atoms with Gasteiger partial charge in [-0.25, -0.2) is 19.2 Å². The Morgan fingerprint density at radius 1 is 0.487 bits per heavy atom. The fourth-order valence-corrected chi connectivity index (χ4v) is 4.19. The Balaban J connectivity index is 5.06. The summed E-state index contributed by atoms with van der Waals surface area (Å²) in [6, 6.07) is 0. The van der Waals surface area contributed by atoms with Gasteiger partial charge in [-0.15, -0.1) is 0 Å². The first-order chi connectivity index (χ1) is 18.4. The summed E-state index contributed by atoms with van der Waals surface area (Å²) in [5.74, 6) is -18.2. The standard InChI is InChI=1S/C23H26O16/c1-32-15(24)9-10(16(25)33-2)12(18(27)35-4)14(20(29)37-6)23(21(30)38-7,22(31)39-8)13(19(28)36-5)11(9)17(26)34-3/h11,13H,1-8H3/t11-,13-/m1/s1. The van der Waals surface area contributed by atoms with Crippen LogP contribution in [0.4, 0.5) is 0 Å². The highest BCUT2D eigenvalue weighted by Crippen LogP contribution is 2.52. The van der Waals surface area contributed by atoms with Crippen molar-refractivity contribution in [3.63, 3.8) is 0 Å². The third kappa shape index (κ3) is 5.17. The van der Waals surface area contributed by atoms with Gasteiger partial charge in [-0.2, -0.15) is 0 Å². The number of methoxy groups -OCH3 is 8. The van der Waals surface area contributed by atoms with Crippen molar-refractivity contribution in [2.45, 2.75) is 0 Å². The lowest BCUT2D eigenvalue weighted by Crippen LogP contribution is -2.57. The molecule has 0 radical (unpaired) electrons. The zero-order chi connectivity index (χ0) is 30.2. The van der Waals surface area contributed by atoms with Gasteiger partial charge >= 0.3 is 47.8 Å². The van der Waals surface area contributed by atoms with E-state index in [1.807, 2.05) is 0 Å². The number of rotatable bonds is 8. The first-order valence-electron chi connectivity index (χ1n) is 10.5. The van der Waals surface area contributed by atoms with Gasteiger partial charge in [0.25, 0.3) is 0 Å². The molecule has 0 bridgehead atoms. The molecule has 39 heavy (non-hydrogen) atoms. The molecule has 0 saturated heterocycles. The van der Waals surface area contributed by atoms with Gasteiger partial charge in [0.05, 0.1) is 79.2 Å². The van der Waals surface area contributed by atoms with Crippen LogP contribution >= 0.6 is 0 Å². The Hall–Kier alpha value is -4.76. The predicted molar refractivity (Wildman–Crippen MR) is 120 cm³/mol. The molecule has 2 atom stereocenters. The minimum Gasteiger partial charge on any atom is -0.469 e. The summed E-state index contributed by atoms with van der Waals surface area (Å²) in [6.45, 7) is 0. The molecular weight excluding hydrogens is 532 g/mol. The topological polar surface area (TPSA) is 210 Å². The van der Waals surface area contributed by atoms with E-state index in [1.165, 1.54) is 0 Å². The van der Waals surface area contributed by atoms with Gasteiger partial charge in [0, 0.05) is 0 Å². The van der Waals surface area contributed by atoms with Crippen molar-refractivity contribution in [2.24, 2.45) is 17.3 Å². The fourth-order valence-electron chi connectivity index (χ4n) is 4.19. The van der Waals surface area contributed by atoms with Crippen molar-refractivity contribution < 1.29 is 76.3 Å². The van der Waals surface area contributed by atoms with Crippen LogP contribution in [0.2, 0.25) is 0 Å². The number of carbonyl (C=O) groups is 8. The predicted octanol–water partition coefficient (Wildman–Crippen LogP) is -1.80. The molecule has 0 heterocycles. The molecule has 1 aliphatic rings. The van der Waals surface area contributed by atoms with Crippen molar-refractivity contribution in [2.75, 3.05) is 56.9 Å². The van der Waals surface area contributed by atoms with Crippen molar-refractivity contribution in [1.29, 1.82) is 0 Å². The molecule has 0 aromatic rings. The third-order valence-electron chi connectivity index (χ3n) is 5.77.